The number of nitrogens with zero attached hydrogens (tertiary/aromatic N) is 4. The van der Waals surface area contributed by atoms with Crippen LogP contribution >= 0.6 is 0 Å². The third kappa shape index (κ3) is 4.74. The molecule has 5 rings (SSSR count). The fourth-order valence-corrected chi connectivity index (χ4v) is 4.11. The first-order valence-electron chi connectivity index (χ1n) is 11.6. The summed E-state index contributed by atoms with van der Waals surface area (Å²) in [6, 6.07) is 24.6. The highest BCUT2D eigenvalue weighted by Gasteiger charge is 2.22. The van der Waals surface area contributed by atoms with E-state index < -0.39 is 11.8 Å². The van der Waals surface area contributed by atoms with E-state index in [0.717, 1.165) is 11.3 Å². The Balaban J connectivity index is 1.40. The van der Waals surface area contributed by atoms with Crippen molar-refractivity contribution >= 4 is 11.8 Å². The fraction of sp³-hybridized carbons (Fsp3) is 0.0714. The van der Waals surface area contributed by atoms with Crippen LogP contribution in [-0.2, 0) is 0 Å². The Hall–Kier alpha value is -5.05. The Morgan fingerprint density at radius 3 is 2.05 bits per heavy atom. The number of para-hydroxylation sites is 1. The largest absolute Gasteiger partial charge is 0.273 e. The van der Waals surface area contributed by atoms with Crippen LogP contribution in [0, 0.1) is 19.7 Å². The Labute approximate surface area is 212 Å². The number of hydrogen-bond donors (Lipinski definition) is 2. The molecule has 3 aromatic carbocycles. The molecule has 2 heterocycles. The highest BCUT2D eigenvalue weighted by molar-refractivity contribution is 6.03. The fourth-order valence-electron chi connectivity index (χ4n) is 4.11. The highest BCUT2D eigenvalue weighted by atomic mass is 19.1. The van der Waals surface area contributed by atoms with Crippen LogP contribution < -0.4 is 10.9 Å². The lowest BCUT2D eigenvalue weighted by molar-refractivity contribution is 0.0846. The second kappa shape index (κ2) is 9.90. The first-order chi connectivity index (χ1) is 17.9. The third-order valence-corrected chi connectivity index (χ3v) is 5.91. The van der Waals surface area contributed by atoms with Crippen molar-refractivity contribution in [2.75, 3.05) is 0 Å². The topological polar surface area (TPSA) is 93.8 Å². The van der Waals surface area contributed by atoms with Gasteiger partial charge in [0.2, 0.25) is 0 Å². The van der Waals surface area contributed by atoms with Crippen molar-refractivity contribution in [2.45, 2.75) is 13.8 Å². The molecule has 37 heavy (non-hydrogen) atoms. The summed E-state index contributed by atoms with van der Waals surface area (Å²) in [4.78, 5) is 26.3. The molecule has 0 aliphatic rings. The SMILES string of the molecule is Cc1nn(-c2ccc(F)cc2)c(C)c1C(=O)NNC(=O)c1cn(-c2ccccc2)nc1-c1ccccc1. The number of aryl methyl sites for hydroxylation is 1. The van der Waals surface area contributed by atoms with Gasteiger partial charge in [-0.2, -0.15) is 10.2 Å². The van der Waals surface area contributed by atoms with Gasteiger partial charge in [-0.05, 0) is 50.2 Å². The molecule has 0 atom stereocenters. The molecule has 0 saturated carbocycles. The van der Waals surface area contributed by atoms with Crippen molar-refractivity contribution in [3.8, 4) is 22.6 Å². The number of aromatic nitrogens is 4. The average molecular weight is 495 g/mol. The summed E-state index contributed by atoms with van der Waals surface area (Å²) in [5.74, 6) is -1.40. The number of benzene rings is 3. The molecule has 8 nitrogen and oxygen atoms in total. The first kappa shape index (κ1) is 23.7. The lowest BCUT2D eigenvalue weighted by Gasteiger charge is -2.08. The monoisotopic (exact) mass is 494 g/mol. The van der Waals surface area contributed by atoms with Crippen LogP contribution in [0.3, 0.4) is 0 Å². The van der Waals surface area contributed by atoms with Gasteiger partial charge in [-0.25, -0.2) is 13.8 Å². The van der Waals surface area contributed by atoms with Gasteiger partial charge in [-0.1, -0.05) is 48.5 Å². The summed E-state index contributed by atoms with van der Waals surface area (Å²) in [6.07, 6.45) is 1.63. The molecule has 0 saturated heterocycles. The smallest absolute Gasteiger partial charge is 0.267 e. The maximum Gasteiger partial charge on any atom is 0.273 e. The molecule has 0 radical (unpaired) electrons. The van der Waals surface area contributed by atoms with Gasteiger partial charge < -0.3 is 0 Å². The predicted octanol–water partition coefficient (Wildman–Crippen LogP) is 4.56. The zero-order valence-corrected chi connectivity index (χ0v) is 20.1. The summed E-state index contributed by atoms with van der Waals surface area (Å²) in [6.45, 7) is 3.43. The van der Waals surface area contributed by atoms with E-state index in [1.54, 1.807) is 41.5 Å². The van der Waals surface area contributed by atoms with E-state index in [-0.39, 0.29) is 5.82 Å². The summed E-state index contributed by atoms with van der Waals surface area (Å²) < 4.78 is 16.5. The minimum Gasteiger partial charge on any atom is -0.267 e. The molecule has 2 aromatic heterocycles. The molecule has 2 amide bonds. The molecule has 0 spiro atoms. The van der Waals surface area contributed by atoms with Gasteiger partial charge in [0.1, 0.15) is 11.5 Å². The van der Waals surface area contributed by atoms with Crippen molar-refractivity contribution in [3.63, 3.8) is 0 Å². The Morgan fingerprint density at radius 2 is 1.38 bits per heavy atom. The number of hydrazine groups is 1. The molecule has 0 fully saturated rings. The number of hydrogen-bond acceptors (Lipinski definition) is 4. The highest BCUT2D eigenvalue weighted by Crippen LogP contribution is 2.24. The average Bonchev–Trinajstić information content (AvgIpc) is 3.50. The van der Waals surface area contributed by atoms with Gasteiger partial charge >= 0.3 is 0 Å². The summed E-state index contributed by atoms with van der Waals surface area (Å²) in [5.41, 5.74) is 9.28. The second-order valence-corrected chi connectivity index (χ2v) is 8.38. The van der Waals surface area contributed by atoms with Crippen molar-refractivity contribution in [1.82, 2.24) is 30.4 Å². The van der Waals surface area contributed by atoms with Gasteiger partial charge in [0.25, 0.3) is 11.8 Å². The van der Waals surface area contributed by atoms with E-state index >= 15 is 0 Å². The van der Waals surface area contributed by atoms with E-state index in [1.807, 2.05) is 60.7 Å². The molecule has 0 aliphatic heterocycles. The van der Waals surface area contributed by atoms with E-state index in [4.69, 9.17) is 0 Å². The van der Waals surface area contributed by atoms with Crippen molar-refractivity contribution in [2.24, 2.45) is 0 Å². The van der Waals surface area contributed by atoms with Crippen LogP contribution in [0.2, 0.25) is 0 Å². The summed E-state index contributed by atoms with van der Waals surface area (Å²) >= 11 is 0. The maximum absolute atomic E-state index is 13.3. The van der Waals surface area contributed by atoms with Gasteiger partial charge in [0, 0.05) is 11.8 Å². The predicted molar refractivity (Wildman–Crippen MR) is 137 cm³/mol. The number of halogens is 1. The van der Waals surface area contributed by atoms with E-state index in [1.165, 1.54) is 12.1 Å². The lowest BCUT2D eigenvalue weighted by atomic mass is 10.1. The van der Waals surface area contributed by atoms with Gasteiger partial charge in [0.05, 0.1) is 33.9 Å². The number of carbonyl (C=O) groups excluding carboxylic acids is 2. The van der Waals surface area contributed by atoms with E-state index in [2.05, 4.69) is 21.0 Å². The van der Waals surface area contributed by atoms with Crippen molar-refractivity contribution in [3.05, 3.63) is 119 Å². The normalized spacial score (nSPS) is 10.8. The Morgan fingerprint density at radius 1 is 0.757 bits per heavy atom. The third-order valence-electron chi connectivity index (χ3n) is 5.91. The van der Waals surface area contributed by atoms with Crippen LogP contribution in [-0.4, -0.2) is 31.4 Å². The molecule has 184 valence electrons. The number of amides is 2. The molecule has 0 aliphatic carbocycles. The van der Waals surface area contributed by atoms with Crippen LogP contribution in [0.25, 0.3) is 22.6 Å². The molecule has 0 unspecified atom stereocenters. The maximum atomic E-state index is 13.3. The minimum absolute atomic E-state index is 0.297. The summed E-state index contributed by atoms with van der Waals surface area (Å²) in [5, 5.41) is 9.05. The standard InChI is InChI=1S/C28H23FN6O2/c1-18-25(19(2)35(32-18)23-15-13-21(29)14-16-23)28(37)31-30-27(36)24-17-34(22-11-7-4-8-12-22)33-26(24)20-9-5-3-6-10-20/h3-17H,1-2H3,(H,30,36)(H,31,37). The molecular formula is C28H23FN6O2. The lowest BCUT2D eigenvalue weighted by Crippen LogP contribution is -2.42. The van der Waals surface area contributed by atoms with Gasteiger partial charge in [-0.3, -0.25) is 20.4 Å². The Bertz CT molecular complexity index is 1570. The molecular weight excluding hydrogens is 471 g/mol. The first-order valence-corrected chi connectivity index (χ1v) is 11.6. The van der Waals surface area contributed by atoms with E-state index in [9.17, 15) is 14.0 Å². The van der Waals surface area contributed by atoms with Crippen LogP contribution in [0.4, 0.5) is 4.39 Å². The molecule has 2 N–H and O–H groups in total. The number of nitrogens with one attached hydrogen (secondary N) is 2. The van der Waals surface area contributed by atoms with Crippen LogP contribution in [0.1, 0.15) is 32.1 Å². The van der Waals surface area contributed by atoms with Crippen molar-refractivity contribution in [1.29, 1.82) is 0 Å². The minimum atomic E-state index is -0.520. The molecule has 0 bridgehead atoms. The Kier molecular flexibility index (Phi) is 6.34. The quantitative estimate of drug-likeness (QED) is 0.351. The summed E-state index contributed by atoms with van der Waals surface area (Å²) in [7, 11) is 0. The van der Waals surface area contributed by atoms with Crippen LogP contribution in [0.15, 0.2) is 91.1 Å². The molecule has 9 heteroatoms. The van der Waals surface area contributed by atoms with Gasteiger partial charge in [0.15, 0.2) is 0 Å². The zero-order valence-electron chi connectivity index (χ0n) is 20.1. The second-order valence-electron chi connectivity index (χ2n) is 8.38. The number of carbonyl (C=O) groups is 2. The van der Waals surface area contributed by atoms with E-state index in [0.29, 0.717) is 33.9 Å². The van der Waals surface area contributed by atoms with Crippen molar-refractivity contribution < 1.29 is 14.0 Å². The van der Waals surface area contributed by atoms with Crippen LogP contribution in [0.5, 0.6) is 0 Å². The number of rotatable bonds is 5. The van der Waals surface area contributed by atoms with Gasteiger partial charge in [-0.15, -0.1) is 0 Å². The zero-order chi connectivity index (χ0) is 25.9. The molecule has 5 aromatic rings.